The van der Waals surface area contributed by atoms with E-state index in [1.54, 1.807) is 6.92 Å². The van der Waals surface area contributed by atoms with Crippen LogP contribution in [0.5, 0.6) is 0 Å². The van der Waals surface area contributed by atoms with E-state index in [1.807, 2.05) is 13.8 Å². The Bertz CT molecular complexity index is 1300. The Morgan fingerprint density at radius 3 is 2.37 bits per heavy atom. The highest BCUT2D eigenvalue weighted by Crippen LogP contribution is 2.20. The normalized spacial score (nSPS) is 12.4. The summed E-state index contributed by atoms with van der Waals surface area (Å²) in [6.45, 7) is 5.91. The molecule has 0 aliphatic heterocycles. The maximum atomic E-state index is 12.8. The van der Waals surface area contributed by atoms with Gasteiger partial charge in [-0.2, -0.15) is 4.98 Å². The van der Waals surface area contributed by atoms with Crippen LogP contribution in [-0.4, -0.2) is 46.1 Å². The van der Waals surface area contributed by atoms with Crippen molar-refractivity contribution < 1.29 is 12.9 Å². The van der Waals surface area contributed by atoms with Crippen molar-refractivity contribution in [2.45, 2.75) is 45.2 Å². The van der Waals surface area contributed by atoms with Crippen molar-refractivity contribution in [3.63, 3.8) is 0 Å². The Labute approximate surface area is 173 Å². The summed E-state index contributed by atoms with van der Waals surface area (Å²) in [5, 5.41) is 3.91. The maximum Gasteiger partial charge on any atom is 0.317 e. The zero-order chi connectivity index (χ0) is 22.2. The molecule has 2 heterocycles. The number of sulfonamides is 1. The van der Waals surface area contributed by atoms with Crippen LogP contribution in [0.1, 0.15) is 32.5 Å². The minimum atomic E-state index is -3.73. The van der Waals surface area contributed by atoms with Crippen LogP contribution in [0, 0.1) is 5.92 Å². The van der Waals surface area contributed by atoms with Crippen molar-refractivity contribution in [3.05, 3.63) is 50.6 Å². The Kier molecular flexibility index (Phi) is 5.95. The maximum absolute atomic E-state index is 12.8. The van der Waals surface area contributed by atoms with Crippen molar-refractivity contribution >= 4 is 21.1 Å². The van der Waals surface area contributed by atoms with Gasteiger partial charge in [-0.1, -0.05) is 19.0 Å². The van der Waals surface area contributed by atoms with E-state index in [2.05, 4.69) is 10.1 Å². The first-order valence-corrected chi connectivity index (χ1v) is 11.0. The van der Waals surface area contributed by atoms with Crippen LogP contribution < -0.4 is 11.1 Å². The largest absolute Gasteiger partial charge is 0.337 e. The second-order valence-corrected chi connectivity index (χ2v) is 9.73. The number of aromatic nitrogens is 4. The third-order valence-electron chi connectivity index (χ3n) is 4.69. The van der Waals surface area contributed by atoms with E-state index in [9.17, 15) is 18.0 Å². The Morgan fingerprint density at radius 2 is 1.77 bits per heavy atom. The molecule has 162 valence electrons. The lowest BCUT2D eigenvalue weighted by Crippen LogP contribution is -2.41. The minimum absolute atomic E-state index is 0.0143. The quantitative estimate of drug-likeness (QED) is 0.509. The summed E-state index contributed by atoms with van der Waals surface area (Å²) in [6, 6.07) is 4.35. The lowest BCUT2D eigenvalue weighted by Gasteiger charge is -2.16. The molecular weight excluding hydrogens is 410 g/mol. The molecule has 0 N–H and O–H groups in total. The summed E-state index contributed by atoms with van der Waals surface area (Å²) >= 11 is 0. The fourth-order valence-corrected chi connectivity index (χ4v) is 4.10. The van der Waals surface area contributed by atoms with Crippen molar-refractivity contribution in [2.24, 2.45) is 5.92 Å². The first-order valence-electron chi connectivity index (χ1n) is 9.57. The Morgan fingerprint density at radius 1 is 1.10 bits per heavy atom. The van der Waals surface area contributed by atoms with Crippen LogP contribution >= 0.6 is 0 Å². The summed E-state index contributed by atoms with van der Waals surface area (Å²) in [5.41, 5.74) is -0.739. The summed E-state index contributed by atoms with van der Waals surface area (Å²) < 4.78 is 34.0. The number of benzene rings is 1. The van der Waals surface area contributed by atoms with Crippen LogP contribution in [-0.2, 0) is 29.5 Å². The zero-order valence-electron chi connectivity index (χ0n) is 17.6. The van der Waals surface area contributed by atoms with Gasteiger partial charge in [-0.3, -0.25) is 14.2 Å². The first kappa shape index (κ1) is 21.9. The first-order chi connectivity index (χ1) is 14.1. The van der Waals surface area contributed by atoms with E-state index in [1.165, 1.54) is 41.4 Å². The van der Waals surface area contributed by atoms with Crippen LogP contribution in [0.2, 0.25) is 0 Å². The number of fused-ring (bicyclic) bond motifs is 1. The minimum Gasteiger partial charge on any atom is -0.337 e. The fourth-order valence-electron chi connectivity index (χ4n) is 3.18. The molecule has 10 nitrogen and oxygen atoms in total. The molecule has 0 saturated carbocycles. The van der Waals surface area contributed by atoms with Crippen molar-refractivity contribution in [3.8, 4) is 0 Å². The number of aryl methyl sites for hydroxylation is 1. The molecule has 30 heavy (non-hydrogen) atoms. The van der Waals surface area contributed by atoms with Crippen molar-refractivity contribution in [2.75, 3.05) is 14.1 Å². The second-order valence-electron chi connectivity index (χ2n) is 7.58. The predicted molar refractivity (Wildman–Crippen MR) is 111 cm³/mol. The highest BCUT2D eigenvalue weighted by Gasteiger charge is 2.21. The molecule has 0 fully saturated rings. The summed E-state index contributed by atoms with van der Waals surface area (Å²) in [5.74, 6) is 1.00. The number of nitrogens with zero attached hydrogens (tertiary/aromatic N) is 5. The van der Waals surface area contributed by atoms with Crippen LogP contribution in [0.25, 0.3) is 11.0 Å². The molecule has 0 aliphatic rings. The van der Waals surface area contributed by atoms with Gasteiger partial charge in [0.15, 0.2) is 5.82 Å². The molecular formula is C19H25N5O5S. The van der Waals surface area contributed by atoms with Gasteiger partial charge in [-0.25, -0.2) is 12.7 Å². The molecule has 0 radical (unpaired) electrons. The smallest absolute Gasteiger partial charge is 0.317 e. The van der Waals surface area contributed by atoms with E-state index in [0.717, 1.165) is 4.31 Å². The average molecular weight is 436 g/mol. The fraction of sp³-hybridized carbons (Fsp3) is 0.474. The van der Waals surface area contributed by atoms with E-state index in [-0.39, 0.29) is 23.9 Å². The molecule has 0 unspecified atom stereocenters. The monoisotopic (exact) mass is 435 g/mol. The van der Waals surface area contributed by atoms with Gasteiger partial charge in [-0.15, -0.1) is 0 Å². The third kappa shape index (κ3) is 3.94. The lowest BCUT2D eigenvalue weighted by atomic mass is 10.1. The van der Waals surface area contributed by atoms with Gasteiger partial charge in [0.1, 0.15) is 6.54 Å². The molecule has 0 spiro atoms. The molecule has 3 aromatic rings. The van der Waals surface area contributed by atoms with Crippen LogP contribution in [0.15, 0.2) is 37.2 Å². The SMILES string of the molecule is CCn1c(=O)c(=O)n(Cc2nc(CC(C)C)no2)c2cc(S(=O)(=O)N(C)C)ccc21. The van der Waals surface area contributed by atoms with Crippen molar-refractivity contribution in [1.29, 1.82) is 0 Å². The predicted octanol–water partition coefficient (Wildman–Crippen LogP) is 1.06. The van der Waals surface area contributed by atoms with Gasteiger partial charge >= 0.3 is 11.1 Å². The third-order valence-corrected chi connectivity index (χ3v) is 6.50. The van der Waals surface area contributed by atoms with Gasteiger partial charge in [-0.05, 0) is 31.0 Å². The van der Waals surface area contributed by atoms with Crippen LogP contribution in [0.4, 0.5) is 0 Å². The average Bonchev–Trinajstić information content (AvgIpc) is 3.11. The molecule has 0 bridgehead atoms. The van der Waals surface area contributed by atoms with E-state index < -0.39 is 21.1 Å². The van der Waals surface area contributed by atoms with Crippen molar-refractivity contribution in [1.82, 2.24) is 23.6 Å². The molecule has 3 rings (SSSR count). The number of hydrogen-bond donors (Lipinski definition) is 0. The van der Waals surface area contributed by atoms with Gasteiger partial charge < -0.3 is 9.09 Å². The topological polar surface area (TPSA) is 120 Å². The highest BCUT2D eigenvalue weighted by molar-refractivity contribution is 7.89. The highest BCUT2D eigenvalue weighted by atomic mass is 32.2. The molecule has 0 atom stereocenters. The molecule has 0 amide bonds. The lowest BCUT2D eigenvalue weighted by molar-refractivity contribution is 0.364. The standard InChI is InChI=1S/C19H25N5O5S/c1-6-23-14-8-7-13(30(27,28)22(4)5)10-15(14)24(19(26)18(23)25)11-17-20-16(21-29-17)9-12(2)3/h7-8,10,12H,6,9,11H2,1-5H3. The Balaban J connectivity index is 2.23. The molecule has 0 saturated heterocycles. The van der Waals surface area contributed by atoms with Gasteiger partial charge in [0.05, 0.1) is 15.9 Å². The second kappa shape index (κ2) is 8.15. The molecule has 1 aromatic carbocycles. The molecule has 11 heteroatoms. The summed E-state index contributed by atoms with van der Waals surface area (Å²) in [6.07, 6.45) is 0.613. The number of hydrogen-bond acceptors (Lipinski definition) is 7. The van der Waals surface area contributed by atoms with Gasteiger partial charge in [0.2, 0.25) is 15.9 Å². The Hall–Kier alpha value is -2.79. The molecule has 2 aromatic heterocycles. The number of rotatable bonds is 7. The van der Waals surface area contributed by atoms with Gasteiger partial charge in [0, 0.05) is 27.1 Å². The zero-order valence-corrected chi connectivity index (χ0v) is 18.4. The van der Waals surface area contributed by atoms with E-state index in [0.29, 0.717) is 29.2 Å². The summed E-state index contributed by atoms with van der Waals surface area (Å²) in [7, 11) is -0.881. The van der Waals surface area contributed by atoms with Gasteiger partial charge in [0.25, 0.3) is 0 Å². The molecule has 0 aliphatic carbocycles. The van der Waals surface area contributed by atoms with Crippen LogP contribution in [0.3, 0.4) is 0 Å². The van der Waals surface area contributed by atoms with E-state index in [4.69, 9.17) is 4.52 Å². The summed E-state index contributed by atoms with van der Waals surface area (Å²) in [4.78, 5) is 29.7. The van der Waals surface area contributed by atoms with E-state index >= 15 is 0 Å².